The molecule has 2 aromatic heterocycles. The molecule has 0 radical (unpaired) electrons. The van der Waals surface area contributed by atoms with Gasteiger partial charge in [0.15, 0.2) is 0 Å². The van der Waals surface area contributed by atoms with Crippen LogP contribution in [0.3, 0.4) is 0 Å². The van der Waals surface area contributed by atoms with E-state index in [0.29, 0.717) is 5.69 Å². The molecule has 2 unspecified atom stereocenters. The van der Waals surface area contributed by atoms with Crippen molar-refractivity contribution in [1.82, 2.24) is 15.1 Å². The molecule has 0 bridgehead atoms. The van der Waals surface area contributed by atoms with Gasteiger partial charge in [-0.1, -0.05) is 19.1 Å². The summed E-state index contributed by atoms with van der Waals surface area (Å²) in [5, 5.41) is 20.7. The highest BCUT2D eigenvalue weighted by molar-refractivity contribution is 5.82. The topological polar surface area (TPSA) is 62.4 Å². The lowest BCUT2D eigenvalue weighted by atomic mass is 9.90. The Kier molecular flexibility index (Phi) is 4.74. The Morgan fingerprint density at radius 3 is 2.96 bits per heavy atom. The summed E-state index contributed by atoms with van der Waals surface area (Å²) in [7, 11) is 0. The van der Waals surface area contributed by atoms with E-state index in [0.717, 1.165) is 60.3 Å². The molecule has 1 fully saturated rings. The SMILES string of the molecule is CCN1CCCC(C(O)c2cc(C)c(-c3ccc4ccoc4c3)nn2)C1. The first kappa shape index (κ1) is 17.2. The molecule has 0 aliphatic carbocycles. The Balaban J connectivity index is 1.59. The van der Waals surface area contributed by atoms with Crippen LogP contribution in [0.15, 0.2) is 41.0 Å². The van der Waals surface area contributed by atoms with Crippen molar-refractivity contribution in [2.45, 2.75) is 32.8 Å². The van der Waals surface area contributed by atoms with Crippen LogP contribution in [0.4, 0.5) is 0 Å². The first-order valence-electron chi connectivity index (χ1n) is 9.38. The minimum atomic E-state index is -0.558. The van der Waals surface area contributed by atoms with Gasteiger partial charge in [0.1, 0.15) is 11.7 Å². The van der Waals surface area contributed by atoms with Gasteiger partial charge in [-0.3, -0.25) is 0 Å². The predicted molar refractivity (Wildman–Crippen MR) is 102 cm³/mol. The lowest BCUT2D eigenvalue weighted by Crippen LogP contribution is -2.37. The first-order valence-corrected chi connectivity index (χ1v) is 9.38. The van der Waals surface area contributed by atoms with Gasteiger partial charge in [0.25, 0.3) is 0 Å². The summed E-state index contributed by atoms with van der Waals surface area (Å²) in [5.74, 6) is 0.225. The van der Waals surface area contributed by atoms with Gasteiger partial charge >= 0.3 is 0 Å². The van der Waals surface area contributed by atoms with Crippen molar-refractivity contribution in [3.8, 4) is 11.3 Å². The molecule has 3 heterocycles. The highest BCUT2D eigenvalue weighted by Gasteiger charge is 2.27. The van der Waals surface area contributed by atoms with Gasteiger partial charge in [0.05, 0.1) is 17.7 Å². The van der Waals surface area contributed by atoms with Gasteiger partial charge in [-0.05, 0) is 56.6 Å². The number of aliphatic hydroxyl groups excluding tert-OH is 1. The Morgan fingerprint density at radius 2 is 2.15 bits per heavy atom. The Hall–Kier alpha value is -2.24. The van der Waals surface area contributed by atoms with Crippen molar-refractivity contribution >= 4 is 11.0 Å². The van der Waals surface area contributed by atoms with Crippen molar-refractivity contribution in [2.24, 2.45) is 5.92 Å². The smallest absolute Gasteiger partial charge is 0.134 e. The number of furan rings is 1. The fourth-order valence-electron chi connectivity index (χ4n) is 3.92. The summed E-state index contributed by atoms with van der Waals surface area (Å²) in [6.45, 7) is 7.27. The van der Waals surface area contributed by atoms with Crippen LogP contribution in [0, 0.1) is 12.8 Å². The minimum absolute atomic E-state index is 0.225. The normalized spacial score (nSPS) is 19.7. The monoisotopic (exact) mass is 351 g/mol. The number of aryl methyl sites for hydroxylation is 1. The van der Waals surface area contributed by atoms with E-state index >= 15 is 0 Å². The maximum absolute atomic E-state index is 10.8. The van der Waals surface area contributed by atoms with Crippen molar-refractivity contribution in [3.05, 3.63) is 47.9 Å². The maximum Gasteiger partial charge on any atom is 0.134 e. The summed E-state index contributed by atoms with van der Waals surface area (Å²) < 4.78 is 5.49. The van der Waals surface area contributed by atoms with Crippen LogP contribution in [-0.2, 0) is 0 Å². The third-order valence-electron chi connectivity index (χ3n) is 5.47. The summed E-state index contributed by atoms with van der Waals surface area (Å²) in [6.07, 6.45) is 3.30. The fraction of sp³-hybridized carbons (Fsp3) is 0.429. The number of fused-ring (bicyclic) bond motifs is 1. The van der Waals surface area contributed by atoms with Crippen LogP contribution >= 0.6 is 0 Å². The van der Waals surface area contributed by atoms with Crippen LogP contribution in [0.25, 0.3) is 22.2 Å². The molecule has 0 amide bonds. The first-order chi connectivity index (χ1) is 12.7. The van der Waals surface area contributed by atoms with Crippen LogP contribution in [0.2, 0.25) is 0 Å². The van der Waals surface area contributed by atoms with Crippen molar-refractivity contribution in [2.75, 3.05) is 19.6 Å². The molecule has 1 aliphatic rings. The predicted octanol–water partition coefficient (Wildman–Crippen LogP) is 3.96. The van der Waals surface area contributed by atoms with Crippen LogP contribution in [0.5, 0.6) is 0 Å². The van der Waals surface area contributed by atoms with E-state index in [1.165, 1.54) is 0 Å². The molecule has 26 heavy (non-hydrogen) atoms. The minimum Gasteiger partial charge on any atom is -0.464 e. The molecular formula is C21H25N3O2. The van der Waals surface area contributed by atoms with Crippen LogP contribution in [0.1, 0.15) is 37.1 Å². The zero-order valence-corrected chi connectivity index (χ0v) is 15.4. The highest BCUT2D eigenvalue weighted by atomic mass is 16.3. The number of likely N-dealkylation sites (tertiary alicyclic amines) is 1. The van der Waals surface area contributed by atoms with Crippen LogP contribution in [-0.4, -0.2) is 39.8 Å². The number of hydrogen-bond donors (Lipinski definition) is 1. The molecule has 4 rings (SSSR count). The Labute approximate surface area is 153 Å². The molecule has 1 aliphatic heterocycles. The van der Waals surface area contributed by atoms with E-state index in [1.807, 2.05) is 37.3 Å². The van der Waals surface area contributed by atoms with Gasteiger partial charge in [-0.15, -0.1) is 5.10 Å². The molecule has 0 saturated carbocycles. The number of aliphatic hydroxyl groups is 1. The summed E-state index contributed by atoms with van der Waals surface area (Å²) in [5.41, 5.74) is 4.34. The molecule has 5 heteroatoms. The second-order valence-corrected chi connectivity index (χ2v) is 7.21. The number of hydrogen-bond acceptors (Lipinski definition) is 5. The molecule has 1 aromatic carbocycles. The number of aromatic nitrogens is 2. The van der Waals surface area contributed by atoms with Gasteiger partial charge in [-0.2, -0.15) is 5.10 Å². The van der Waals surface area contributed by atoms with E-state index in [2.05, 4.69) is 22.0 Å². The zero-order valence-electron chi connectivity index (χ0n) is 15.4. The van der Waals surface area contributed by atoms with Crippen molar-refractivity contribution in [3.63, 3.8) is 0 Å². The molecule has 1 saturated heterocycles. The van der Waals surface area contributed by atoms with E-state index in [-0.39, 0.29) is 5.92 Å². The lowest BCUT2D eigenvalue weighted by Gasteiger charge is -2.34. The van der Waals surface area contributed by atoms with E-state index < -0.39 is 6.10 Å². The van der Waals surface area contributed by atoms with Crippen molar-refractivity contribution < 1.29 is 9.52 Å². The highest BCUT2D eigenvalue weighted by Crippen LogP contribution is 2.31. The lowest BCUT2D eigenvalue weighted by molar-refractivity contribution is 0.0489. The summed E-state index contributed by atoms with van der Waals surface area (Å²) >= 11 is 0. The zero-order chi connectivity index (χ0) is 18.1. The second kappa shape index (κ2) is 7.17. The standard InChI is InChI=1S/C21H25N3O2/c1-3-24-9-4-5-17(13-24)21(25)18-11-14(2)20(23-22-18)16-7-6-15-8-10-26-19(15)12-16/h6-8,10-12,17,21,25H,3-5,9,13H2,1-2H3. The van der Waals surface area contributed by atoms with Gasteiger partial charge in [0, 0.05) is 23.4 Å². The molecule has 0 spiro atoms. The number of rotatable bonds is 4. The maximum atomic E-state index is 10.8. The van der Waals surface area contributed by atoms with E-state index in [4.69, 9.17) is 4.42 Å². The third-order valence-corrected chi connectivity index (χ3v) is 5.47. The quantitative estimate of drug-likeness (QED) is 0.771. The molecule has 5 nitrogen and oxygen atoms in total. The largest absolute Gasteiger partial charge is 0.464 e. The average molecular weight is 351 g/mol. The second-order valence-electron chi connectivity index (χ2n) is 7.21. The Morgan fingerprint density at radius 1 is 1.27 bits per heavy atom. The molecule has 1 N–H and O–H groups in total. The number of piperidine rings is 1. The summed E-state index contributed by atoms with van der Waals surface area (Å²) in [4.78, 5) is 2.39. The molecule has 2 atom stereocenters. The van der Waals surface area contributed by atoms with Gasteiger partial charge in [-0.25, -0.2) is 0 Å². The van der Waals surface area contributed by atoms with Crippen LogP contribution < -0.4 is 0 Å². The summed E-state index contributed by atoms with van der Waals surface area (Å²) in [6, 6.07) is 9.97. The molecule has 3 aromatic rings. The number of nitrogens with zero attached hydrogens (tertiary/aromatic N) is 3. The van der Waals surface area contributed by atoms with E-state index in [9.17, 15) is 5.11 Å². The fourth-order valence-corrected chi connectivity index (χ4v) is 3.92. The average Bonchev–Trinajstić information content (AvgIpc) is 3.15. The molecule has 136 valence electrons. The van der Waals surface area contributed by atoms with E-state index in [1.54, 1.807) is 6.26 Å². The third kappa shape index (κ3) is 3.24. The molecular weight excluding hydrogens is 326 g/mol. The van der Waals surface area contributed by atoms with Gasteiger partial charge in [0.2, 0.25) is 0 Å². The number of benzene rings is 1. The Bertz CT molecular complexity index is 905. The van der Waals surface area contributed by atoms with Crippen molar-refractivity contribution in [1.29, 1.82) is 0 Å². The van der Waals surface area contributed by atoms with Gasteiger partial charge < -0.3 is 14.4 Å².